The zero-order valence-electron chi connectivity index (χ0n) is 14.5. The molecule has 0 bridgehead atoms. The molecule has 1 aromatic carbocycles. The summed E-state index contributed by atoms with van der Waals surface area (Å²) < 4.78 is 1.80. The maximum atomic E-state index is 12.0. The third-order valence-corrected chi connectivity index (χ3v) is 4.86. The molecule has 1 aliphatic rings. The fourth-order valence-corrected chi connectivity index (χ4v) is 3.29. The van der Waals surface area contributed by atoms with Gasteiger partial charge in [-0.25, -0.2) is 4.98 Å². The van der Waals surface area contributed by atoms with E-state index in [1.807, 2.05) is 18.2 Å². The summed E-state index contributed by atoms with van der Waals surface area (Å²) in [5, 5.41) is 11.6. The van der Waals surface area contributed by atoms with Crippen LogP contribution in [0.2, 0.25) is 5.02 Å². The van der Waals surface area contributed by atoms with Crippen LogP contribution < -0.4 is 5.73 Å². The lowest BCUT2D eigenvalue weighted by molar-refractivity contribution is -0.137. The number of carbonyl (C=O) groups excluding carboxylic acids is 1. The van der Waals surface area contributed by atoms with E-state index < -0.39 is 5.60 Å². The van der Waals surface area contributed by atoms with Crippen LogP contribution in [0.4, 0.5) is 5.95 Å². The third-order valence-electron chi connectivity index (χ3n) is 4.56. The number of benzene rings is 1. The van der Waals surface area contributed by atoms with Gasteiger partial charge in [0, 0.05) is 43.7 Å². The van der Waals surface area contributed by atoms with Crippen LogP contribution in [-0.2, 0) is 4.79 Å². The molecule has 7 nitrogen and oxygen atoms in total. The number of likely N-dealkylation sites (tertiary alicyclic amines) is 1. The average molecular weight is 382 g/mol. The van der Waals surface area contributed by atoms with E-state index >= 15 is 0 Å². The molecule has 1 fully saturated rings. The monoisotopic (exact) mass is 381 g/mol. The molecule has 27 heavy (non-hydrogen) atoms. The average Bonchev–Trinajstić information content (AvgIpc) is 3.12. The van der Waals surface area contributed by atoms with Crippen molar-refractivity contribution in [2.45, 2.75) is 12.0 Å². The molecule has 0 radical (unpaired) electrons. The van der Waals surface area contributed by atoms with E-state index in [0.29, 0.717) is 34.6 Å². The number of anilines is 1. The van der Waals surface area contributed by atoms with Crippen LogP contribution in [0.3, 0.4) is 0 Å². The largest absolute Gasteiger partial charge is 0.369 e. The van der Waals surface area contributed by atoms with Gasteiger partial charge < -0.3 is 15.7 Å². The number of amides is 1. The summed E-state index contributed by atoms with van der Waals surface area (Å²) in [5.41, 5.74) is 6.09. The van der Waals surface area contributed by atoms with Crippen molar-refractivity contribution >= 4 is 34.5 Å². The highest BCUT2D eigenvalue weighted by molar-refractivity contribution is 6.35. The summed E-state index contributed by atoms with van der Waals surface area (Å²) in [7, 11) is 1.65. The first-order chi connectivity index (χ1) is 12.9. The highest BCUT2D eigenvalue weighted by Gasteiger charge is 2.42. The van der Waals surface area contributed by atoms with Crippen molar-refractivity contribution in [1.82, 2.24) is 19.4 Å². The van der Waals surface area contributed by atoms with Crippen LogP contribution in [0.5, 0.6) is 0 Å². The number of halogens is 1. The number of aromatic nitrogens is 3. The minimum Gasteiger partial charge on any atom is -0.369 e. The number of nitrogens with zero attached hydrogens (tertiary/aromatic N) is 4. The molecule has 0 saturated carbocycles. The number of carbonyl (C=O) groups is 1. The summed E-state index contributed by atoms with van der Waals surface area (Å²) in [6, 6.07) is 7.34. The van der Waals surface area contributed by atoms with Crippen LogP contribution in [-0.4, -0.2) is 49.6 Å². The summed E-state index contributed by atoms with van der Waals surface area (Å²) in [5.74, 6) is 5.40. The molecule has 2 aromatic heterocycles. The Morgan fingerprint density at radius 1 is 1.41 bits per heavy atom. The number of fused-ring (bicyclic) bond motifs is 1. The predicted octanol–water partition coefficient (Wildman–Crippen LogP) is 1.60. The minimum atomic E-state index is -1.63. The minimum absolute atomic E-state index is 0.153. The van der Waals surface area contributed by atoms with E-state index in [1.165, 1.54) is 4.90 Å². The van der Waals surface area contributed by atoms with Gasteiger partial charge in [-0.2, -0.15) is 4.98 Å². The van der Waals surface area contributed by atoms with E-state index in [2.05, 4.69) is 21.8 Å². The number of rotatable bonds is 1. The number of likely N-dealkylation sites (N-methyl/N-ethyl adjacent to an activating group) is 1. The van der Waals surface area contributed by atoms with Crippen molar-refractivity contribution in [3.63, 3.8) is 0 Å². The molecule has 1 aliphatic heterocycles. The van der Waals surface area contributed by atoms with Gasteiger partial charge >= 0.3 is 0 Å². The topological polar surface area (TPSA) is 97.3 Å². The molecule has 1 amide bonds. The van der Waals surface area contributed by atoms with Gasteiger partial charge in [-0.1, -0.05) is 29.5 Å². The Bertz CT molecular complexity index is 1130. The lowest BCUT2D eigenvalue weighted by Crippen LogP contribution is -2.37. The van der Waals surface area contributed by atoms with Crippen LogP contribution in [0.25, 0.3) is 16.7 Å². The summed E-state index contributed by atoms with van der Waals surface area (Å²) in [4.78, 5) is 21.8. The van der Waals surface area contributed by atoms with E-state index in [4.69, 9.17) is 17.3 Å². The molecule has 0 aliphatic carbocycles. The SMILES string of the molecule is CN1CCC(O)(C#Cc2cccc(-n3cc(Cl)c4cnc(N)nc43)c2)C1=O. The van der Waals surface area contributed by atoms with Gasteiger partial charge in [-0.05, 0) is 18.2 Å². The first-order valence-electron chi connectivity index (χ1n) is 8.28. The summed E-state index contributed by atoms with van der Waals surface area (Å²) in [6.07, 6.45) is 3.61. The highest BCUT2D eigenvalue weighted by atomic mass is 35.5. The van der Waals surface area contributed by atoms with Crippen LogP contribution >= 0.6 is 11.6 Å². The molecule has 1 atom stereocenters. The van der Waals surface area contributed by atoms with Crippen molar-refractivity contribution in [2.24, 2.45) is 0 Å². The summed E-state index contributed by atoms with van der Waals surface area (Å²) >= 11 is 6.27. The Labute approximate surface area is 160 Å². The molecule has 1 saturated heterocycles. The predicted molar refractivity (Wildman–Crippen MR) is 102 cm³/mol. The molecule has 1 unspecified atom stereocenters. The molecule has 4 rings (SSSR count). The third kappa shape index (κ3) is 2.99. The van der Waals surface area contributed by atoms with Gasteiger partial charge in [0.05, 0.1) is 10.4 Å². The van der Waals surface area contributed by atoms with E-state index in [1.54, 1.807) is 30.1 Å². The Hall–Kier alpha value is -3.08. The molecule has 3 aromatic rings. The van der Waals surface area contributed by atoms with Crippen molar-refractivity contribution in [3.8, 4) is 17.5 Å². The van der Waals surface area contributed by atoms with Gasteiger partial charge in [-0.3, -0.25) is 9.36 Å². The van der Waals surface area contributed by atoms with Gasteiger partial charge in [0.25, 0.3) is 5.91 Å². The molecule has 136 valence electrons. The number of aliphatic hydroxyl groups is 1. The molecule has 3 N–H and O–H groups in total. The zero-order chi connectivity index (χ0) is 19.2. The highest BCUT2D eigenvalue weighted by Crippen LogP contribution is 2.27. The van der Waals surface area contributed by atoms with E-state index in [0.717, 1.165) is 5.69 Å². The van der Waals surface area contributed by atoms with E-state index in [9.17, 15) is 9.90 Å². The van der Waals surface area contributed by atoms with Crippen LogP contribution in [0.1, 0.15) is 12.0 Å². The molecular weight excluding hydrogens is 366 g/mol. The lowest BCUT2D eigenvalue weighted by Gasteiger charge is -2.13. The Morgan fingerprint density at radius 2 is 2.22 bits per heavy atom. The second-order valence-corrected chi connectivity index (χ2v) is 6.86. The quantitative estimate of drug-likeness (QED) is 0.624. The van der Waals surface area contributed by atoms with Gasteiger partial charge in [0.1, 0.15) is 0 Å². The first kappa shape index (κ1) is 17.3. The fraction of sp³-hybridized carbons (Fsp3) is 0.211. The lowest BCUT2D eigenvalue weighted by atomic mass is 10.0. The standard InChI is InChI=1S/C19H16ClN5O2/c1-24-8-7-19(27,17(24)26)6-5-12-3-2-4-13(9-12)25-11-15(20)14-10-22-18(21)23-16(14)25/h2-4,9-11,27H,7-8H2,1H3,(H2,21,22,23). The fourth-order valence-electron chi connectivity index (χ4n) is 3.06. The van der Waals surface area contributed by atoms with Crippen molar-refractivity contribution < 1.29 is 9.90 Å². The zero-order valence-corrected chi connectivity index (χ0v) is 15.2. The van der Waals surface area contributed by atoms with Crippen molar-refractivity contribution in [3.05, 3.63) is 47.2 Å². The Balaban J connectivity index is 1.74. The van der Waals surface area contributed by atoms with E-state index in [-0.39, 0.29) is 11.9 Å². The maximum Gasteiger partial charge on any atom is 0.267 e. The summed E-state index contributed by atoms with van der Waals surface area (Å²) in [6.45, 7) is 0.485. The second-order valence-electron chi connectivity index (χ2n) is 6.45. The number of nitrogen functional groups attached to an aromatic ring is 1. The molecule has 8 heteroatoms. The van der Waals surface area contributed by atoms with Gasteiger partial charge in [0.2, 0.25) is 11.5 Å². The molecule has 0 spiro atoms. The van der Waals surface area contributed by atoms with Crippen molar-refractivity contribution in [1.29, 1.82) is 0 Å². The number of nitrogens with two attached hydrogens (primary N) is 1. The molecular formula is C19H16ClN5O2. The Morgan fingerprint density at radius 3 is 2.96 bits per heavy atom. The Kier molecular flexibility index (Phi) is 4.02. The normalized spacial score (nSPS) is 19.4. The van der Waals surface area contributed by atoms with Gasteiger partial charge in [0.15, 0.2) is 5.65 Å². The van der Waals surface area contributed by atoms with Crippen LogP contribution in [0.15, 0.2) is 36.7 Å². The number of hydrogen-bond acceptors (Lipinski definition) is 5. The number of hydrogen-bond donors (Lipinski definition) is 2. The van der Waals surface area contributed by atoms with Crippen LogP contribution in [0, 0.1) is 11.8 Å². The second kappa shape index (κ2) is 6.27. The molecule has 3 heterocycles. The van der Waals surface area contributed by atoms with Gasteiger partial charge in [-0.15, -0.1) is 0 Å². The van der Waals surface area contributed by atoms with Crippen molar-refractivity contribution in [2.75, 3.05) is 19.3 Å². The smallest absolute Gasteiger partial charge is 0.267 e. The maximum absolute atomic E-state index is 12.0. The first-order valence-corrected chi connectivity index (χ1v) is 8.66.